The fraction of sp³-hybridized carbons (Fsp3) is 0.200. The third-order valence-corrected chi connectivity index (χ3v) is 4.60. The van der Waals surface area contributed by atoms with Crippen molar-refractivity contribution in [3.63, 3.8) is 0 Å². The van der Waals surface area contributed by atoms with Crippen molar-refractivity contribution in [1.82, 2.24) is 4.90 Å². The van der Waals surface area contributed by atoms with Crippen molar-refractivity contribution in [3.05, 3.63) is 71.5 Å². The highest BCUT2D eigenvalue weighted by molar-refractivity contribution is 6.31. The molecule has 1 aliphatic heterocycles. The molecule has 7 nitrogen and oxygen atoms in total. The highest BCUT2D eigenvalue weighted by Crippen LogP contribution is 2.34. The predicted molar refractivity (Wildman–Crippen MR) is 101 cm³/mol. The molecule has 0 radical (unpaired) electrons. The lowest BCUT2D eigenvalue weighted by molar-refractivity contribution is -0.133. The molecule has 0 bridgehead atoms. The van der Waals surface area contributed by atoms with Crippen LogP contribution >= 0.6 is 11.6 Å². The topological polar surface area (TPSA) is 76.1 Å². The number of hydrogen-bond acceptors (Lipinski definition) is 5. The zero-order chi connectivity index (χ0) is 19.5. The van der Waals surface area contributed by atoms with E-state index in [1.165, 1.54) is 4.90 Å². The molecule has 28 heavy (non-hydrogen) atoms. The van der Waals surface area contributed by atoms with Gasteiger partial charge in [-0.3, -0.25) is 14.5 Å². The molecule has 1 aromatic carbocycles. The lowest BCUT2D eigenvalue weighted by atomic mass is 10.2. The number of ether oxygens (including phenoxy) is 1. The van der Waals surface area contributed by atoms with E-state index < -0.39 is 0 Å². The molecular weight excluding hydrogens is 384 g/mol. The highest BCUT2D eigenvalue weighted by Gasteiger charge is 2.29. The minimum atomic E-state index is -0.306. The summed E-state index contributed by atoms with van der Waals surface area (Å²) < 4.78 is 16.2. The molecule has 144 valence electrons. The number of hydrogen-bond donors (Lipinski definition) is 0. The van der Waals surface area contributed by atoms with Gasteiger partial charge in [0.05, 0.1) is 31.3 Å². The number of carbonyl (C=O) groups excluding carboxylic acids is 2. The minimum Gasteiger partial charge on any atom is -0.482 e. The molecule has 2 aromatic heterocycles. The van der Waals surface area contributed by atoms with Gasteiger partial charge in [-0.25, -0.2) is 0 Å². The molecule has 3 heterocycles. The van der Waals surface area contributed by atoms with Crippen LogP contribution < -0.4 is 9.64 Å². The van der Waals surface area contributed by atoms with E-state index in [0.717, 1.165) is 0 Å². The third kappa shape index (κ3) is 3.89. The average molecular weight is 401 g/mol. The first-order valence-corrected chi connectivity index (χ1v) is 9.03. The summed E-state index contributed by atoms with van der Waals surface area (Å²) in [5.74, 6) is 1.22. The zero-order valence-electron chi connectivity index (χ0n) is 14.8. The Balaban J connectivity index is 1.57. The number of amides is 2. The van der Waals surface area contributed by atoms with Crippen molar-refractivity contribution in [1.29, 1.82) is 0 Å². The summed E-state index contributed by atoms with van der Waals surface area (Å²) in [6.45, 7) is 0.246. The molecule has 2 amide bonds. The number of benzene rings is 1. The largest absolute Gasteiger partial charge is 0.482 e. The second-order valence-corrected chi connectivity index (χ2v) is 6.73. The van der Waals surface area contributed by atoms with Gasteiger partial charge in [0.1, 0.15) is 23.8 Å². The van der Waals surface area contributed by atoms with Crippen molar-refractivity contribution < 1.29 is 23.2 Å². The standard InChI is InChI=1S/C20H17ClN2O5/c21-14-5-6-18-17(9-14)23(20(25)13-28-18)12-19(24)22(10-15-3-1-7-26-15)11-16-4-2-8-27-16/h1-9H,10-13H2. The van der Waals surface area contributed by atoms with E-state index in [1.54, 1.807) is 59.9 Å². The first kappa shape index (κ1) is 18.2. The Kier molecular flexibility index (Phi) is 5.08. The summed E-state index contributed by atoms with van der Waals surface area (Å²) in [6.07, 6.45) is 3.10. The molecular formula is C20H17ClN2O5. The van der Waals surface area contributed by atoms with Crippen LogP contribution in [-0.4, -0.2) is 29.9 Å². The number of furan rings is 2. The predicted octanol–water partition coefficient (Wildman–Crippen LogP) is 3.48. The van der Waals surface area contributed by atoms with Crippen molar-refractivity contribution >= 4 is 29.1 Å². The van der Waals surface area contributed by atoms with Gasteiger partial charge in [0.25, 0.3) is 5.91 Å². The summed E-state index contributed by atoms with van der Waals surface area (Å²) in [5.41, 5.74) is 0.480. The van der Waals surface area contributed by atoms with Crippen LogP contribution in [0.4, 0.5) is 5.69 Å². The van der Waals surface area contributed by atoms with Crippen LogP contribution in [-0.2, 0) is 22.7 Å². The fourth-order valence-electron chi connectivity index (χ4n) is 3.00. The molecule has 0 atom stereocenters. The molecule has 0 spiro atoms. The van der Waals surface area contributed by atoms with Crippen molar-refractivity contribution in [2.24, 2.45) is 0 Å². The number of carbonyl (C=O) groups is 2. The van der Waals surface area contributed by atoms with Gasteiger partial charge in [-0.2, -0.15) is 0 Å². The van der Waals surface area contributed by atoms with Gasteiger partial charge in [-0.05, 0) is 42.5 Å². The third-order valence-electron chi connectivity index (χ3n) is 4.36. The van der Waals surface area contributed by atoms with Gasteiger partial charge in [0, 0.05) is 5.02 Å². The molecule has 0 aliphatic carbocycles. The second-order valence-electron chi connectivity index (χ2n) is 6.29. The molecule has 0 saturated carbocycles. The molecule has 4 rings (SSSR count). The van der Waals surface area contributed by atoms with Gasteiger partial charge in [0.15, 0.2) is 6.61 Å². The van der Waals surface area contributed by atoms with Crippen LogP contribution in [0, 0.1) is 0 Å². The van der Waals surface area contributed by atoms with E-state index in [4.69, 9.17) is 25.2 Å². The van der Waals surface area contributed by atoms with Crippen LogP contribution in [0.25, 0.3) is 0 Å². The summed E-state index contributed by atoms with van der Waals surface area (Å²) in [6, 6.07) is 12.1. The lowest BCUT2D eigenvalue weighted by Crippen LogP contribution is -2.46. The molecule has 8 heteroatoms. The van der Waals surface area contributed by atoms with Crippen LogP contribution in [0.2, 0.25) is 5.02 Å². The number of anilines is 1. The normalized spacial score (nSPS) is 13.2. The van der Waals surface area contributed by atoms with E-state index in [2.05, 4.69) is 0 Å². The van der Waals surface area contributed by atoms with E-state index in [1.807, 2.05) is 0 Å². The van der Waals surface area contributed by atoms with E-state index in [0.29, 0.717) is 28.0 Å². The Morgan fingerprint density at radius 2 is 1.75 bits per heavy atom. The van der Waals surface area contributed by atoms with E-state index in [-0.39, 0.29) is 38.1 Å². The van der Waals surface area contributed by atoms with E-state index in [9.17, 15) is 9.59 Å². The summed E-state index contributed by atoms with van der Waals surface area (Å²) in [7, 11) is 0. The molecule has 0 fully saturated rings. The van der Waals surface area contributed by atoms with Crippen LogP contribution in [0.5, 0.6) is 5.75 Å². The van der Waals surface area contributed by atoms with Gasteiger partial charge >= 0.3 is 0 Å². The number of rotatable bonds is 6. The quantitative estimate of drug-likeness (QED) is 0.633. The Morgan fingerprint density at radius 1 is 1.07 bits per heavy atom. The van der Waals surface area contributed by atoms with Gasteiger partial charge in [-0.15, -0.1) is 0 Å². The Hall–Kier alpha value is -3.19. The summed E-state index contributed by atoms with van der Waals surface area (Å²) in [4.78, 5) is 28.5. The SMILES string of the molecule is O=C(CN1C(=O)COc2ccc(Cl)cc21)N(Cc1ccco1)Cc1ccco1. The van der Waals surface area contributed by atoms with Crippen molar-refractivity contribution in [2.45, 2.75) is 13.1 Å². The second kappa shape index (κ2) is 7.82. The summed E-state index contributed by atoms with van der Waals surface area (Å²) >= 11 is 6.06. The van der Waals surface area contributed by atoms with Crippen molar-refractivity contribution in [3.8, 4) is 5.75 Å². The monoisotopic (exact) mass is 400 g/mol. The molecule has 1 aliphatic rings. The Labute approximate surface area is 166 Å². The Morgan fingerprint density at radius 3 is 2.36 bits per heavy atom. The lowest BCUT2D eigenvalue weighted by Gasteiger charge is -2.31. The number of halogens is 1. The van der Waals surface area contributed by atoms with Crippen LogP contribution in [0.1, 0.15) is 11.5 Å². The van der Waals surface area contributed by atoms with E-state index >= 15 is 0 Å². The maximum Gasteiger partial charge on any atom is 0.265 e. The van der Waals surface area contributed by atoms with Crippen LogP contribution in [0.15, 0.2) is 63.8 Å². The zero-order valence-corrected chi connectivity index (χ0v) is 15.6. The average Bonchev–Trinajstić information content (AvgIpc) is 3.37. The number of nitrogens with zero attached hydrogens (tertiary/aromatic N) is 2. The summed E-state index contributed by atoms with van der Waals surface area (Å²) in [5, 5.41) is 0.456. The molecule has 0 unspecified atom stereocenters. The van der Waals surface area contributed by atoms with Crippen LogP contribution in [0.3, 0.4) is 0 Å². The minimum absolute atomic E-state index is 0.127. The molecule has 0 saturated heterocycles. The smallest absolute Gasteiger partial charge is 0.265 e. The fourth-order valence-corrected chi connectivity index (χ4v) is 3.16. The molecule has 3 aromatic rings. The molecule has 0 N–H and O–H groups in total. The Bertz CT molecular complexity index is 932. The first-order chi connectivity index (χ1) is 13.6. The van der Waals surface area contributed by atoms with Gasteiger partial charge < -0.3 is 18.5 Å². The van der Waals surface area contributed by atoms with Gasteiger partial charge in [0.2, 0.25) is 5.91 Å². The first-order valence-electron chi connectivity index (χ1n) is 8.65. The maximum atomic E-state index is 13.1. The maximum absolute atomic E-state index is 13.1. The number of fused-ring (bicyclic) bond motifs is 1. The van der Waals surface area contributed by atoms with Gasteiger partial charge in [-0.1, -0.05) is 11.6 Å². The van der Waals surface area contributed by atoms with Crippen molar-refractivity contribution in [2.75, 3.05) is 18.1 Å². The highest BCUT2D eigenvalue weighted by atomic mass is 35.5.